The fourth-order valence-corrected chi connectivity index (χ4v) is 4.29. The van der Waals surface area contributed by atoms with Gasteiger partial charge in [-0.3, -0.25) is 0 Å². The fourth-order valence-electron chi connectivity index (χ4n) is 4.29. The number of aryl methyl sites for hydroxylation is 2. The van der Waals surface area contributed by atoms with Crippen LogP contribution in [0.25, 0.3) is 11.1 Å². The number of aliphatic hydroxyl groups excluding tert-OH is 1. The van der Waals surface area contributed by atoms with Crippen molar-refractivity contribution in [1.82, 2.24) is 20.3 Å². The van der Waals surface area contributed by atoms with Crippen molar-refractivity contribution < 1.29 is 5.11 Å². The van der Waals surface area contributed by atoms with Gasteiger partial charge in [0.05, 0.1) is 6.04 Å². The van der Waals surface area contributed by atoms with Crippen molar-refractivity contribution in [3.8, 4) is 11.1 Å². The molecule has 0 aliphatic carbocycles. The first kappa shape index (κ1) is 25.2. The van der Waals surface area contributed by atoms with Crippen LogP contribution in [0.4, 0.5) is 11.8 Å². The Morgan fingerprint density at radius 2 is 1.83 bits per heavy atom. The smallest absolute Gasteiger partial charge is 0.223 e. The van der Waals surface area contributed by atoms with Crippen molar-refractivity contribution >= 4 is 11.8 Å². The first-order valence-corrected chi connectivity index (χ1v) is 12.7. The van der Waals surface area contributed by atoms with Crippen LogP contribution in [0.1, 0.15) is 43.4 Å². The Hall–Kier alpha value is -3.87. The van der Waals surface area contributed by atoms with E-state index in [1.54, 1.807) is 12.4 Å². The quantitative estimate of drug-likeness (QED) is 0.184. The molecule has 1 aromatic carbocycles. The largest absolute Gasteiger partial charge is 0.511 e. The van der Waals surface area contributed by atoms with E-state index in [0.29, 0.717) is 18.9 Å². The monoisotopic (exact) mass is 484 g/mol. The van der Waals surface area contributed by atoms with Gasteiger partial charge in [0.1, 0.15) is 11.6 Å². The van der Waals surface area contributed by atoms with E-state index in [2.05, 4.69) is 51.2 Å². The maximum atomic E-state index is 10.1. The molecular weight excluding hydrogens is 448 g/mol. The van der Waals surface area contributed by atoms with Gasteiger partial charge in [0.25, 0.3) is 0 Å². The van der Waals surface area contributed by atoms with Crippen molar-refractivity contribution in [1.29, 1.82) is 0 Å². The summed E-state index contributed by atoms with van der Waals surface area (Å²) in [6, 6.07) is 14.0. The van der Waals surface area contributed by atoms with E-state index >= 15 is 0 Å². The third-order valence-corrected chi connectivity index (χ3v) is 6.39. The summed E-state index contributed by atoms with van der Waals surface area (Å²) in [5.41, 5.74) is 5.48. The second-order valence-electron chi connectivity index (χ2n) is 9.22. The molecule has 1 aliphatic heterocycles. The minimum atomic E-state index is -0.350. The molecular formula is C29H36N6O. The van der Waals surface area contributed by atoms with E-state index in [1.165, 1.54) is 12.0 Å². The molecule has 7 nitrogen and oxygen atoms in total. The number of hydrogen-bond donors (Lipinski definition) is 4. The average molecular weight is 485 g/mol. The van der Waals surface area contributed by atoms with Crippen LogP contribution in [0.5, 0.6) is 0 Å². The summed E-state index contributed by atoms with van der Waals surface area (Å²) >= 11 is 0. The molecule has 0 spiro atoms. The molecule has 1 aliphatic rings. The van der Waals surface area contributed by atoms with Crippen molar-refractivity contribution in [2.75, 3.05) is 23.7 Å². The van der Waals surface area contributed by atoms with Crippen LogP contribution < -0.4 is 16.0 Å². The number of aromatic nitrogens is 3. The van der Waals surface area contributed by atoms with E-state index in [1.807, 2.05) is 30.3 Å². The maximum absolute atomic E-state index is 10.1. The summed E-state index contributed by atoms with van der Waals surface area (Å²) in [7, 11) is 0. The highest BCUT2D eigenvalue weighted by Gasteiger charge is 2.14. The van der Waals surface area contributed by atoms with Crippen LogP contribution in [0.2, 0.25) is 0 Å². The molecule has 0 radical (unpaired) electrons. The molecule has 2 aromatic heterocycles. The molecule has 0 saturated carbocycles. The molecule has 7 heteroatoms. The zero-order valence-electron chi connectivity index (χ0n) is 20.8. The highest BCUT2D eigenvalue weighted by Crippen LogP contribution is 2.21. The van der Waals surface area contributed by atoms with E-state index in [-0.39, 0.29) is 11.8 Å². The number of allylic oxidation sites excluding steroid dienone is 1. The first-order valence-electron chi connectivity index (χ1n) is 12.7. The summed E-state index contributed by atoms with van der Waals surface area (Å²) in [6.07, 6.45) is 10.5. The summed E-state index contributed by atoms with van der Waals surface area (Å²) in [5, 5.41) is 20.0. The Morgan fingerprint density at radius 1 is 1.03 bits per heavy atom. The van der Waals surface area contributed by atoms with Crippen LogP contribution in [-0.4, -0.2) is 39.2 Å². The Morgan fingerprint density at radius 3 is 2.61 bits per heavy atom. The normalized spacial score (nSPS) is 13.2. The molecule has 4 N–H and O–H groups in total. The molecule has 0 saturated heterocycles. The standard InChI is InChI=1S/C29H36N6O/c1-21(9-6-7-13-26-15-14-24-12-8-17-31-28(24)34-26)30-18-16-27(22(2)36)35-29-32-19-25(20-33-29)23-10-4-3-5-11-23/h3-5,10-11,14-15,19-20,27,30,36H,1-2,6-9,12-13,16-18H2,(H,31,34)(H,32,33,35)/t27-/m0/s1. The molecule has 36 heavy (non-hydrogen) atoms. The van der Waals surface area contributed by atoms with Crippen molar-refractivity contribution in [3.63, 3.8) is 0 Å². The lowest BCUT2D eigenvalue weighted by atomic mass is 10.1. The molecule has 0 unspecified atom stereocenters. The second kappa shape index (κ2) is 12.7. The Labute approximate surface area is 213 Å². The van der Waals surface area contributed by atoms with Crippen molar-refractivity contribution in [3.05, 3.63) is 90.7 Å². The summed E-state index contributed by atoms with van der Waals surface area (Å²) in [4.78, 5) is 13.6. The van der Waals surface area contributed by atoms with E-state index in [4.69, 9.17) is 4.98 Å². The zero-order valence-corrected chi connectivity index (χ0v) is 20.8. The van der Waals surface area contributed by atoms with E-state index < -0.39 is 0 Å². The molecule has 1 atom stereocenters. The van der Waals surface area contributed by atoms with Gasteiger partial charge in [-0.25, -0.2) is 15.0 Å². The lowest BCUT2D eigenvalue weighted by molar-refractivity contribution is 0.369. The third-order valence-electron chi connectivity index (χ3n) is 6.39. The lowest BCUT2D eigenvalue weighted by Crippen LogP contribution is -2.28. The van der Waals surface area contributed by atoms with Crippen molar-refractivity contribution in [2.24, 2.45) is 0 Å². The van der Waals surface area contributed by atoms with Gasteiger partial charge in [0.15, 0.2) is 0 Å². The third kappa shape index (κ3) is 7.31. The van der Waals surface area contributed by atoms with Crippen molar-refractivity contribution in [2.45, 2.75) is 51.0 Å². The van der Waals surface area contributed by atoms with Crippen LogP contribution in [0, 0.1) is 0 Å². The van der Waals surface area contributed by atoms with Gasteiger partial charge in [-0.05, 0) is 62.1 Å². The van der Waals surface area contributed by atoms with Gasteiger partial charge in [0.2, 0.25) is 5.95 Å². The summed E-state index contributed by atoms with van der Waals surface area (Å²) in [5.74, 6) is 1.58. The van der Waals surface area contributed by atoms with Gasteiger partial charge >= 0.3 is 0 Å². The number of aliphatic hydroxyl groups is 1. The predicted molar refractivity (Wildman–Crippen MR) is 147 cm³/mol. The highest BCUT2D eigenvalue weighted by molar-refractivity contribution is 5.61. The predicted octanol–water partition coefficient (Wildman–Crippen LogP) is 5.66. The molecule has 0 amide bonds. The van der Waals surface area contributed by atoms with Gasteiger partial charge in [-0.2, -0.15) is 0 Å². The Kier molecular flexibility index (Phi) is 8.92. The number of fused-ring (bicyclic) bond motifs is 1. The molecule has 3 heterocycles. The average Bonchev–Trinajstić information content (AvgIpc) is 2.91. The number of hydrogen-bond acceptors (Lipinski definition) is 7. The number of nitrogens with zero attached hydrogens (tertiary/aromatic N) is 3. The Balaban J connectivity index is 1.15. The molecule has 188 valence electrons. The summed E-state index contributed by atoms with van der Waals surface area (Å²) in [6.45, 7) is 9.54. The van der Waals surface area contributed by atoms with Gasteiger partial charge in [-0.15, -0.1) is 0 Å². The highest BCUT2D eigenvalue weighted by atomic mass is 16.3. The minimum absolute atomic E-state index is 0.0604. The van der Waals surface area contributed by atoms with Crippen LogP contribution in [0.3, 0.4) is 0 Å². The molecule has 0 bridgehead atoms. The van der Waals surface area contributed by atoms with E-state index in [9.17, 15) is 5.11 Å². The molecule has 0 fully saturated rings. The molecule has 3 aromatic rings. The number of rotatable bonds is 13. The SMILES string of the molecule is C=C(CCCCc1ccc2c(n1)NCCC2)NCC[C@H](Nc1ncc(-c2ccccc2)cn1)C(=C)O. The van der Waals surface area contributed by atoms with Crippen LogP contribution >= 0.6 is 0 Å². The van der Waals surface area contributed by atoms with Crippen LogP contribution in [0.15, 0.2) is 79.5 Å². The minimum Gasteiger partial charge on any atom is -0.511 e. The Bertz CT molecular complexity index is 1150. The zero-order chi connectivity index (χ0) is 25.2. The fraction of sp³-hybridized carbons (Fsp3) is 0.345. The number of unbranched alkanes of at least 4 members (excludes halogenated alkanes) is 1. The second-order valence-corrected chi connectivity index (χ2v) is 9.22. The van der Waals surface area contributed by atoms with Crippen LogP contribution in [-0.2, 0) is 12.8 Å². The van der Waals surface area contributed by atoms with Gasteiger partial charge < -0.3 is 21.1 Å². The topological polar surface area (TPSA) is 95.0 Å². The van der Waals surface area contributed by atoms with E-state index in [0.717, 1.165) is 67.0 Å². The maximum Gasteiger partial charge on any atom is 0.223 e. The summed E-state index contributed by atoms with van der Waals surface area (Å²) < 4.78 is 0. The van der Waals surface area contributed by atoms with Gasteiger partial charge in [-0.1, -0.05) is 49.6 Å². The number of pyridine rings is 1. The first-order chi connectivity index (χ1) is 17.6. The number of anilines is 2. The lowest BCUT2D eigenvalue weighted by Gasteiger charge is -2.19. The molecule has 4 rings (SSSR count). The number of nitrogens with one attached hydrogen (secondary N) is 3. The van der Waals surface area contributed by atoms with Gasteiger partial charge in [0, 0.05) is 42.4 Å². The number of benzene rings is 1.